The van der Waals surface area contributed by atoms with Gasteiger partial charge >= 0.3 is 18.2 Å². The van der Waals surface area contributed by atoms with Crippen molar-refractivity contribution in [1.29, 1.82) is 0 Å². The summed E-state index contributed by atoms with van der Waals surface area (Å²) >= 11 is 0. The lowest BCUT2D eigenvalue weighted by atomic mass is 9.85. The molecule has 3 unspecified atom stereocenters. The van der Waals surface area contributed by atoms with Crippen molar-refractivity contribution in [2.24, 2.45) is 5.41 Å². The van der Waals surface area contributed by atoms with Gasteiger partial charge in [0.2, 0.25) is 0 Å². The van der Waals surface area contributed by atoms with Gasteiger partial charge in [-0.05, 0) is 13.8 Å². The van der Waals surface area contributed by atoms with Crippen molar-refractivity contribution >= 4 is 12.0 Å². The molecule has 116 valence electrons. The van der Waals surface area contributed by atoms with Gasteiger partial charge in [-0.1, -0.05) is 0 Å². The number of carbonyl (C=O) groups is 2. The first-order chi connectivity index (χ1) is 9.04. The minimum atomic E-state index is -4.38. The van der Waals surface area contributed by atoms with Crippen LogP contribution in [0.3, 0.4) is 0 Å². The highest BCUT2D eigenvalue weighted by Crippen LogP contribution is 2.28. The number of carbonyl (C=O) groups excluding carboxylic acids is 1. The van der Waals surface area contributed by atoms with E-state index in [-0.39, 0.29) is 13.2 Å². The molecule has 0 bridgehead atoms. The van der Waals surface area contributed by atoms with E-state index < -0.39 is 42.1 Å². The zero-order valence-corrected chi connectivity index (χ0v) is 11.1. The molecular formula is C11H17F3N2O4. The second-order valence-corrected chi connectivity index (χ2v) is 5.13. The molecule has 1 fully saturated rings. The summed E-state index contributed by atoms with van der Waals surface area (Å²) in [6, 6.07) is -2.74. The summed E-state index contributed by atoms with van der Waals surface area (Å²) < 4.78 is 41.4. The number of amides is 2. The molecule has 1 saturated heterocycles. The highest BCUT2D eigenvalue weighted by Gasteiger charge is 2.47. The van der Waals surface area contributed by atoms with Crippen LogP contribution in [0.25, 0.3) is 0 Å². The van der Waals surface area contributed by atoms with E-state index in [4.69, 9.17) is 9.84 Å². The van der Waals surface area contributed by atoms with Gasteiger partial charge < -0.3 is 20.5 Å². The molecule has 9 heteroatoms. The standard InChI is InChI=1S/C11H17F3N2O4/c1-6(3-11(12,13)14)15-9(19)16-7-4-20-5-10(7,2)8(17)18/h6-7H,3-5H2,1-2H3,(H,17,18)(H2,15,16,19). The first-order valence-corrected chi connectivity index (χ1v) is 5.99. The third-order valence-corrected chi connectivity index (χ3v) is 3.16. The molecule has 0 aromatic heterocycles. The maximum absolute atomic E-state index is 12.1. The van der Waals surface area contributed by atoms with Crippen LogP contribution >= 0.6 is 0 Å². The minimum Gasteiger partial charge on any atom is -0.481 e. The number of urea groups is 1. The summed E-state index contributed by atoms with van der Waals surface area (Å²) in [6.45, 7) is 2.57. The highest BCUT2D eigenvalue weighted by atomic mass is 19.4. The van der Waals surface area contributed by atoms with Crippen molar-refractivity contribution in [3.05, 3.63) is 0 Å². The second-order valence-electron chi connectivity index (χ2n) is 5.13. The van der Waals surface area contributed by atoms with Gasteiger partial charge in [-0.15, -0.1) is 0 Å². The summed E-state index contributed by atoms with van der Waals surface area (Å²) in [6.07, 6.45) is -5.53. The topological polar surface area (TPSA) is 87.7 Å². The number of rotatable bonds is 4. The lowest BCUT2D eigenvalue weighted by molar-refractivity contribution is -0.148. The number of nitrogens with one attached hydrogen (secondary N) is 2. The monoisotopic (exact) mass is 298 g/mol. The number of aliphatic carboxylic acids is 1. The van der Waals surface area contributed by atoms with Gasteiger partial charge in [-0.2, -0.15) is 13.2 Å². The summed E-state index contributed by atoms with van der Waals surface area (Å²) in [4.78, 5) is 22.7. The van der Waals surface area contributed by atoms with Crippen molar-refractivity contribution in [2.45, 2.75) is 38.5 Å². The number of carboxylic acids is 1. The lowest BCUT2D eigenvalue weighted by Gasteiger charge is -2.26. The van der Waals surface area contributed by atoms with Crippen LogP contribution in [0.5, 0.6) is 0 Å². The molecule has 1 rings (SSSR count). The molecule has 1 heterocycles. The fourth-order valence-electron chi connectivity index (χ4n) is 1.91. The van der Waals surface area contributed by atoms with Crippen LogP contribution in [0.2, 0.25) is 0 Å². The van der Waals surface area contributed by atoms with Crippen LogP contribution in [-0.4, -0.2) is 48.6 Å². The summed E-state index contributed by atoms with van der Waals surface area (Å²) in [5.41, 5.74) is -1.29. The maximum atomic E-state index is 12.1. The SMILES string of the molecule is CC(CC(F)(F)F)NC(=O)NC1COCC1(C)C(=O)O. The van der Waals surface area contributed by atoms with Crippen molar-refractivity contribution in [2.75, 3.05) is 13.2 Å². The molecule has 0 aromatic carbocycles. The first-order valence-electron chi connectivity index (χ1n) is 5.99. The fourth-order valence-corrected chi connectivity index (χ4v) is 1.91. The van der Waals surface area contributed by atoms with E-state index >= 15 is 0 Å². The Labute approximate surface area is 113 Å². The van der Waals surface area contributed by atoms with Gasteiger partial charge in [0, 0.05) is 6.04 Å². The summed E-state index contributed by atoms with van der Waals surface area (Å²) in [7, 11) is 0. The molecule has 2 amide bonds. The van der Waals surface area contributed by atoms with Crippen LogP contribution in [0.15, 0.2) is 0 Å². The number of hydrogen-bond donors (Lipinski definition) is 3. The predicted molar refractivity (Wildman–Crippen MR) is 62.2 cm³/mol. The summed E-state index contributed by atoms with van der Waals surface area (Å²) in [5, 5.41) is 13.6. The molecule has 3 atom stereocenters. The van der Waals surface area contributed by atoms with Crippen LogP contribution < -0.4 is 10.6 Å². The van der Waals surface area contributed by atoms with E-state index in [1.165, 1.54) is 13.8 Å². The van der Waals surface area contributed by atoms with Crippen molar-refractivity contribution in [3.63, 3.8) is 0 Å². The average molecular weight is 298 g/mol. The van der Waals surface area contributed by atoms with E-state index in [1.807, 2.05) is 0 Å². The largest absolute Gasteiger partial charge is 0.481 e. The van der Waals surface area contributed by atoms with Gasteiger partial charge in [0.1, 0.15) is 5.41 Å². The average Bonchev–Trinajstić information content (AvgIpc) is 2.58. The normalized spacial score (nSPS) is 27.9. The van der Waals surface area contributed by atoms with E-state index in [0.717, 1.165) is 0 Å². The van der Waals surface area contributed by atoms with Gasteiger partial charge in [-0.3, -0.25) is 4.79 Å². The molecule has 0 aliphatic carbocycles. The Morgan fingerprint density at radius 2 is 2.10 bits per heavy atom. The Balaban J connectivity index is 2.52. The summed E-state index contributed by atoms with van der Waals surface area (Å²) in [5.74, 6) is -1.14. The zero-order valence-electron chi connectivity index (χ0n) is 11.1. The van der Waals surface area contributed by atoms with Gasteiger partial charge in [0.15, 0.2) is 0 Å². The van der Waals surface area contributed by atoms with E-state index in [0.29, 0.717) is 0 Å². The van der Waals surface area contributed by atoms with Crippen molar-refractivity contribution < 1.29 is 32.6 Å². The molecule has 1 aliphatic rings. The number of ether oxygens (including phenoxy) is 1. The first kappa shape index (κ1) is 16.5. The molecule has 6 nitrogen and oxygen atoms in total. The molecule has 20 heavy (non-hydrogen) atoms. The molecular weight excluding hydrogens is 281 g/mol. The Morgan fingerprint density at radius 3 is 2.60 bits per heavy atom. The second kappa shape index (κ2) is 5.86. The molecule has 0 radical (unpaired) electrons. The minimum absolute atomic E-state index is 0.00384. The molecule has 0 saturated carbocycles. The molecule has 0 spiro atoms. The number of alkyl halides is 3. The molecule has 1 aliphatic heterocycles. The van der Waals surface area contributed by atoms with E-state index in [1.54, 1.807) is 0 Å². The number of hydrogen-bond acceptors (Lipinski definition) is 3. The highest BCUT2D eigenvalue weighted by molar-refractivity contribution is 5.79. The predicted octanol–water partition coefficient (Wildman–Crippen LogP) is 1.12. The number of halogens is 3. The van der Waals surface area contributed by atoms with E-state index in [9.17, 15) is 22.8 Å². The third kappa shape index (κ3) is 4.26. The van der Waals surface area contributed by atoms with Gasteiger partial charge in [0.25, 0.3) is 0 Å². The van der Waals surface area contributed by atoms with E-state index in [2.05, 4.69) is 10.6 Å². The Morgan fingerprint density at radius 1 is 1.50 bits per heavy atom. The quantitative estimate of drug-likeness (QED) is 0.725. The Kier molecular flexibility index (Phi) is 4.85. The lowest BCUT2D eigenvalue weighted by Crippen LogP contribution is -2.53. The van der Waals surface area contributed by atoms with Crippen LogP contribution in [0, 0.1) is 5.41 Å². The van der Waals surface area contributed by atoms with Crippen LogP contribution in [0.1, 0.15) is 20.3 Å². The van der Waals surface area contributed by atoms with Crippen molar-refractivity contribution in [3.8, 4) is 0 Å². The van der Waals surface area contributed by atoms with Gasteiger partial charge in [0.05, 0.1) is 25.7 Å². The molecule has 0 aromatic rings. The van der Waals surface area contributed by atoms with Crippen LogP contribution in [-0.2, 0) is 9.53 Å². The smallest absolute Gasteiger partial charge is 0.391 e. The Bertz CT molecular complexity index is 388. The third-order valence-electron chi connectivity index (χ3n) is 3.16. The zero-order chi connectivity index (χ0) is 15.6. The van der Waals surface area contributed by atoms with Gasteiger partial charge in [-0.25, -0.2) is 4.79 Å². The Hall–Kier alpha value is -1.51. The maximum Gasteiger partial charge on any atom is 0.391 e. The fraction of sp³-hybridized carbons (Fsp3) is 0.818. The van der Waals surface area contributed by atoms with Crippen LogP contribution in [0.4, 0.5) is 18.0 Å². The molecule has 3 N–H and O–H groups in total. The number of carboxylic acid groups (broad SMARTS) is 1. The van der Waals surface area contributed by atoms with Crippen molar-refractivity contribution in [1.82, 2.24) is 10.6 Å².